The minimum atomic E-state index is -0.668. The van der Waals surface area contributed by atoms with Gasteiger partial charge in [-0.05, 0) is 38.5 Å². The predicted molar refractivity (Wildman–Crippen MR) is 96.1 cm³/mol. The van der Waals surface area contributed by atoms with E-state index in [4.69, 9.17) is 5.11 Å². The molecule has 0 radical (unpaired) electrons. The summed E-state index contributed by atoms with van der Waals surface area (Å²) >= 11 is 0. The molecule has 126 valence electrons. The van der Waals surface area contributed by atoms with Crippen LogP contribution < -0.4 is 0 Å². The third-order valence-electron chi connectivity index (χ3n) is 3.54. The first-order valence-corrected chi connectivity index (χ1v) is 8.94. The van der Waals surface area contributed by atoms with E-state index in [1.165, 1.54) is 38.5 Å². The second kappa shape index (κ2) is 17.7. The van der Waals surface area contributed by atoms with Gasteiger partial charge in [-0.25, -0.2) is 0 Å². The molecule has 0 aromatic carbocycles. The Hall–Kier alpha value is -1.31. The molecule has 0 aliphatic carbocycles. The Morgan fingerprint density at radius 3 is 1.82 bits per heavy atom. The number of unbranched alkanes of at least 4 members (excludes halogenated alkanes) is 7. The van der Waals surface area contributed by atoms with Gasteiger partial charge in [0.05, 0.1) is 0 Å². The molecule has 0 fully saturated rings. The number of hydrogen-bond donors (Lipinski definition) is 1. The number of allylic oxidation sites excluding steroid dienone is 6. The van der Waals surface area contributed by atoms with E-state index in [1.54, 1.807) is 0 Å². The molecule has 0 aromatic heterocycles. The molecule has 0 bridgehead atoms. The minimum Gasteiger partial charge on any atom is -0.481 e. The fraction of sp³-hybridized carbons (Fsp3) is 0.650. The average molecular weight is 306 g/mol. The van der Waals surface area contributed by atoms with Crippen LogP contribution in [-0.2, 0) is 4.79 Å². The van der Waals surface area contributed by atoms with Gasteiger partial charge in [0.2, 0.25) is 0 Å². The van der Waals surface area contributed by atoms with Crippen molar-refractivity contribution in [2.75, 3.05) is 0 Å². The monoisotopic (exact) mass is 306 g/mol. The summed E-state index contributed by atoms with van der Waals surface area (Å²) in [5.74, 6) is -0.668. The van der Waals surface area contributed by atoms with Crippen molar-refractivity contribution in [1.82, 2.24) is 0 Å². The number of carboxylic acids is 1. The highest BCUT2D eigenvalue weighted by atomic mass is 16.4. The first-order valence-electron chi connectivity index (χ1n) is 8.94. The van der Waals surface area contributed by atoms with Crippen molar-refractivity contribution < 1.29 is 9.90 Å². The third kappa shape index (κ3) is 18.7. The normalized spacial score (nSPS) is 12.0. The Morgan fingerprint density at radius 1 is 0.727 bits per heavy atom. The van der Waals surface area contributed by atoms with Crippen LogP contribution >= 0.6 is 0 Å². The Balaban J connectivity index is 3.20. The van der Waals surface area contributed by atoms with Gasteiger partial charge < -0.3 is 5.11 Å². The summed E-state index contributed by atoms with van der Waals surface area (Å²) in [5.41, 5.74) is 0. The highest BCUT2D eigenvalue weighted by molar-refractivity contribution is 5.66. The molecule has 0 rings (SSSR count). The lowest BCUT2D eigenvalue weighted by molar-refractivity contribution is -0.137. The molecule has 0 atom stereocenters. The van der Waals surface area contributed by atoms with E-state index in [0.717, 1.165) is 32.1 Å². The molecular weight excluding hydrogens is 272 g/mol. The highest BCUT2D eigenvalue weighted by Crippen LogP contribution is 2.10. The lowest BCUT2D eigenvalue weighted by Crippen LogP contribution is -1.93. The topological polar surface area (TPSA) is 37.3 Å². The van der Waals surface area contributed by atoms with Gasteiger partial charge in [-0.1, -0.05) is 75.5 Å². The minimum absolute atomic E-state index is 0.328. The maximum absolute atomic E-state index is 10.3. The zero-order chi connectivity index (χ0) is 16.3. The van der Waals surface area contributed by atoms with Crippen molar-refractivity contribution in [2.24, 2.45) is 0 Å². The molecule has 1 N–H and O–H groups in total. The second-order valence-electron chi connectivity index (χ2n) is 5.70. The Bertz CT molecular complexity index is 327. The molecule has 0 unspecified atom stereocenters. The zero-order valence-electron chi connectivity index (χ0n) is 14.3. The van der Waals surface area contributed by atoms with Gasteiger partial charge in [-0.2, -0.15) is 0 Å². The van der Waals surface area contributed by atoms with Crippen molar-refractivity contribution in [3.05, 3.63) is 36.5 Å². The SMILES string of the molecule is CC/C=C\C/C=C\C/C=C/CCCCCCCCCC(=O)O. The van der Waals surface area contributed by atoms with E-state index in [-0.39, 0.29) is 0 Å². The predicted octanol–water partition coefficient (Wildman–Crippen LogP) is 6.44. The van der Waals surface area contributed by atoms with E-state index in [1.807, 2.05) is 0 Å². The molecule has 2 heteroatoms. The van der Waals surface area contributed by atoms with Crippen LogP contribution in [0.15, 0.2) is 36.5 Å². The smallest absolute Gasteiger partial charge is 0.303 e. The molecule has 0 saturated heterocycles. The summed E-state index contributed by atoms with van der Waals surface area (Å²) < 4.78 is 0. The largest absolute Gasteiger partial charge is 0.481 e. The molecule has 0 spiro atoms. The summed E-state index contributed by atoms with van der Waals surface area (Å²) in [6, 6.07) is 0. The van der Waals surface area contributed by atoms with E-state index < -0.39 is 5.97 Å². The van der Waals surface area contributed by atoms with Crippen LogP contribution in [0.4, 0.5) is 0 Å². The average Bonchev–Trinajstić information content (AvgIpc) is 2.50. The van der Waals surface area contributed by atoms with Gasteiger partial charge in [0.15, 0.2) is 0 Å². The zero-order valence-corrected chi connectivity index (χ0v) is 14.3. The van der Waals surface area contributed by atoms with E-state index in [0.29, 0.717) is 6.42 Å². The highest BCUT2D eigenvalue weighted by Gasteiger charge is 1.96. The molecule has 2 nitrogen and oxygen atoms in total. The van der Waals surface area contributed by atoms with Crippen LogP contribution in [0.2, 0.25) is 0 Å². The van der Waals surface area contributed by atoms with Gasteiger partial charge in [0.1, 0.15) is 0 Å². The second-order valence-corrected chi connectivity index (χ2v) is 5.70. The van der Waals surface area contributed by atoms with Gasteiger partial charge >= 0.3 is 5.97 Å². The van der Waals surface area contributed by atoms with Gasteiger partial charge in [-0.15, -0.1) is 0 Å². The molecule has 0 aromatic rings. The number of carboxylic acid groups (broad SMARTS) is 1. The standard InChI is InChI=1S/C20H34O2/c1-2-3-4-5-6-7-8-9-10-11-12-13-14-15-16-17-18-19-20(21)22/h3-4,6-7,9-10H,2,5,8,11-19H2,1H3,(H,21,22)/b4-3-,7-6-,10-9+. The third-order valence-corrected chi connectivity index (χ3v) is 3.54. The summed E-state index contributed by atoms with van der Waals surface area (Å²) in [7, 11) is 0. The quantitative estimate of drug-likeness (QED) is 0.279. The van der Waals surface area contributed by atoms with Crippen LogP contribution in [0.5, 0.6) is 0 Å². The van der Waals surface area contributed by atoms with Gasteiger partial charge in [-0.3, -0.25) is 4.79 Å². The van der Waals surface area contributed by atoms with E-state index in [9.17, 15) is 4.79 Å². The number of carbonyl (C=O) groups is 1. The van der Waals surface area contributed by atoms with Crippen molar-refractivity contribution >= 4 is 5.97 Å². The van der Waals surface area contributed by atoms with Crippen molar-refractivity contribution in [3.63, 3.8) is 0 Å². The maximum Gasteiger partial charge on any atom is 0.303 e. The van der Waals surface area contributed by atoms with E-state index in [2.05, 4.69) is 43.4 Å². The number of aliphatic carboxylic acids is 1. The summed E-state index contributed by atoms with van der Waals surface area (Å²) in [6.45, 7) is 2.16. The van der Waals surface area contributed by atoms with Gasteiger partial charge in [0.25, 0.3) is 0 Å². The lowest BCUT2D eigenvalue weighted by atomic mass is 10.1. The fourth-order valence-corrected chi connectivity index (χ4v) is 2.25. The maximum atomic E-state index is 10.3. The summed E-state index contributed by atoms with van der Waals surface area (Å²) in [6.07, 6.45) is 26.3. The van der Waals surface area contributed by atoms with Crippen molar-refractivity contribution in [2.45, 2.75) is 84.0 Å². The lowest BCUT2D eigenvalue weighted by Gasteiger charge is -2.00. The number of hydrogen-bond acceptors (Lipinski definition) is 1. The first-order chi connectivity index (χ1) is 10.8. The summed E-state index contributed by atoms with van der Waals surface area (Å²) in [5, 5.41) is 8.53. The van der Waals surface area contributed by atoms with Crippen molar-refractivity contribution in [1.29, 1.82) is 0 Å². The van der Waals surface area contributed by atoms with Crippen molar-refractivity contribution in [3.8, 4) is 0 Å². The number of rotatable bonds is 15. The molecule has 0 aliphatic heterocycles. The first kappa shape index (κ1) is 20.7. The molecule has 0 amide bonds. The van der Waals surface area contributed by atoms with Gasteiger partial charge in [0, 0.05) is 6.42 Å². The molecule has 0 saturated carbocycles. The van der Waals surface area contributed by atoms with Crippen LogP contribution in [0.25, 0.3) is 0 Å². The van der Waals surface area contributed by atoms with Crippen LogP contribution in [0.3, 0.4) is 0 Å². The van der Waals surface area contributed by atoms with E-state index >= 15 is 0 Å². The molecule has 0 heterocycles. The van der Waals surface area contributed by atoms with Crippen LogP contribution in [0.1, 0.15) is 84.0 Å². The Labute approximate surface area is 137 Å². The molecule has 22 heavy (non-hydrogen) atoms. The Kier molecular flexibility index (Phi) is 16.7. The fourth-order valence-electron chi connectivity index (χ4n) is 2.25. The Morgan fingerprint density at radius 2 is 1.23 bits per heavy atom. The molecule has 0 aliphatic rings. The summed E-state index contributed by atoms with van der Waals surface area (Å²) in [4.78, 5) is 10.3. The molecular formula is C20H34O2. The van der Waals surface area contributed by atoms with Crippen LogP contribution in [0, 0.1) is 0 Å². The van der Waals surface area contributed by atoms with Crippen LogP contribution in [-0.4, -0.2) is 11.1 Å².